The Morgan fingerprint density at radius 1 is 1.20 bits per heavy atom. The van der Waals surface area contributed by atoms with E-state index in [9.17, 15) is 4.79 Å². The molecule has 0 aliphatic heterocycles. The van der Waals surface area contributed by atoms with Crippen molar-refractivity contribution in [1.29, 1.82) is 0 Å². The summed E-state index contributed by atoms with van der Waals surface area (Å²) in [5.41, 5.74) is 2.95. The number of furan rings is 1. The molecule has 4 aromatic rings. The molecule has 2 aromatic carbocycles. The van der Waals surface area contributed by atoms with Gasteiger partial charge in [0.25, 0.3) is 5.91 Å². The Balaban J connectivity index is 1.43. The topological polar surface area (TPSA) is 69.3 Å². The molecule has 0 saturated carbocycles. The van der Waals surface area contributed by atoms with Crippen molar-refractivity contribution in [3.8, 4) is 5.75 Å². The van der Waals surface area contributed by atoms with Crippen LogP contribution in [0.4, 0.5) is 0 Å². The normalized spacial score (nSPS) is 11.0. The van der Waals surface area contributed by atoms with Crippen molar-refractivity contribution < 1.29 is 13.9 Å². The predicted molar refractivity (Wildman–Crippen MR) is 116 cm³/mol. The lowest BCUT2D eigenvalue weighted by Crippen LogP contribution is -2.26. The molecule has 0 atom stereocenters. The average Bonchev–Trinajstić information content (AvgIpc) is 3.39. The Hall–Kier alpha value is -3.25. The fourth-order valence-electron chi connectivity index (χ4n) is 3.31. The molecule has 0 aliphatic rings. The fourth-order valence-corrected chi connectivity index (χ4v) is 3.43. The number of rotatable bonds is 8. The quantitative estimate of drug-likeness (QED) is 0.448. The number of aromatic nitrogens is 2. The number of benzene rings is 2. The Morgan fingerprint density at radius 3 is 2.87 bits per heavy atom. The number of halogens is 1. The van der Waals surface area contributed by atoms with Crippen molar-refractivity contribution in [1.82, 2.24) is 14.9 Å². The zero-order valence-corrected chi connectivity index (χ0v) is 17.4. The number of fused-ring (bicyclic) bond motifs is 1. The van der Waals surface area contributed by atoms with E-state index in [0.717, 1.165) is 33.2 Å². The van der Waals surface area contributed by atoms with Crippen LogP contribution >= 0.6 is 11.6 Å². The second-order valence-electron chi connectivity index (χ2n) is 6.91. The first-order chi connectivity index (χ1) is 14.6. The van der Waals surface area contributed by atoms with Crippen molar-refractivity contribution in [2.45, 2.75) is 19.9 Å². The maximum Gasteiger partial charge on any atom is 0.286 e. The highest BCUT2D eigenvalue weighted by Crippen LogP contribution is 2.21. The molecule has 1 N–H and O–H groups in total. The Bertz CT molecular complexity index is 1150. The van der Waals surface area contributed by atoms with Gasteiger partial charge in [-0.1, -0.05) is 23.7 Å². The van der Waals surface area contributed by atoms with Crippen molar-refractivity contribution in [3.63, 3.8) is 0 Å². The summed E-state index contributed by atoms with van der Waals surface area (Å²) >= 11 is 6.08. The number of amides is 1. The van der Waals surface area contributed by atoms with Gasteiger partial charge in [-0.15, -0.1) is 0 Å². The fraction of sp³-hybridized carbons (Fsp3) is 0.217. The van der Waals surface area contributed by atoms with Crippen LogP contribution in [0.3, 0.4) is 0 Å². The molecule has 6 nitrogen and oxygen atoms in total. The summed E-state index contributed by atoms with van der Waals surface area (Å²) in [7, 11) is 0. The Labute approximate surface area is 179 Å². The number of para-hydroxylation sites is 2. The van der Waals surface area contributed by atoms with Crippen LogP contribution in [-0.2, 0) is 13.0 Å². The molecule has 2 aromatic heterocycles. The van der Waals surface area contributed by atoms with E-state index in [4.69, 9.17) is 25.7 Å². The van der Waals surface area contributed by atoms with E-state index in [0.29, 0.717) is 31.9 Å². The highest BCUT2D eigenvalue weighted by Gasteiger charge is 2.12. The van der Waals surface area contributed by atoms with Gasteiger partial charge in [-0.2, -0.15) is 0 Å². The summed E-state index contributed by atoms with van der Waals surface area (Å²) in [4.78, 5) is 16.8. The number of hydrogen-bond donors (Lipinski definition) is 1. The zero-order chi connectivity index (χ0) is 20.9. The summed E-state index contributed by atoms with van der Waals surface area (Å²) < 4.78 is 13.2. The first kappa shape index (κ1) is 20.0. The van der Waals surface area contributed by atoms with Gasteiger partial charge in [0.05, 0.1) is 23.8 Å². The molecule has 0 spiro atoms. The van der Waals surface area contributed by atoms with Crippen molar-refractivity contribution in [2.75, 3.05) is 13.2 Å². The van der Waals surface area contributed by atoms with Crippen LogP contribution in [0.5, 0.6) is 5.75 Å². The number of hydrogen-bond acceptors (Lipinski definition) is 4. The lowest BCUT2D eigenvalue weighted by molar-refractivity contribution is 0.0926. The molecule has 1 amide bonds. The molecule has 30 heavy (non-hydrogen) atoms. The average molecular weight is 424 g/mol. The highest BCUT2D eigenvalue weighted by atomic mass is 35.5. The van der Waals surface area contributed by atoms with E-state index in [-0.39, 0.29) is 5.91 Å². The monoisotopic (exact) mass is 423 g/mol. The van der Waals surface area contributed by atoms with Gasteiger partial charge in [0.2, 0.25) is 0 Å². The largest absolute Gasteiger partial charge is 0.492 e. The predicted octanol–water partition coefficient (Wildman–Crippen LogP) is 4.64. The summed E-state index contributed by atoms with van der Waals surface area (Å²) in [6, 6.07) is 17.0. The Morgan fingerprint density at radius 2 is 2.07 bits per heavy atom. The second kappa shape index (κ2) is 9.05. The standard InChI is InChI=1S/C23H22ClN3O3/c1-16-15-17(8-9-18(16)24)29-14-12-27-20-6-3-2-5-19(20)26-22(27)10-11-25-23(28)21-7-4-13-30-21/h2-9,13,15H,10-12,14H2,1H3,(H,25,28). The number of imidazole rings is 1. The molecule has 0 radical (unpaired) electrons. The molecule has 0 saturated heterocycles. The van der Waals surface area contributed by atoms with Crippen LogP contribution in [-0.4, -0.2) is 28.6 Å². The molecule has 0 bridgehead atoms. The summed E-state index contributed by atoms with van der Waals surface area (Å²) in [5.74, 6) is 1.75. The van der Waals surface area contributed by atoms with Gasteiger partial charge < -0.3 is 19.0 Å². The number of aryl methyl sites for hydroxylation is 1. The maximum absolute atomic E-state index is 12.1. The molecule has 4 rings (SSSR count). The van der Waals surface area contributed by atoms with Crippen LogP contribution < -0.4 is 10.1 Å². The number of nitrogens with one attached hydrogen (secondary N) is 1. The molecule has 7 heteroatoms. The SMILES string of the molecule is Cc1cc(OCCn2c(CCNC(=O)c3ccco3)nc3ccccc32)ccc1Cl. The summed E-state index contributed by atoms with van der Waals surface area (Å²) in [5, 5.41) is 3.59. The van der Waals surface area contributed by atoms with Crippen molar-refractivity contribution in [2.24, 2.45) is 0 Å². The van der Waals surface area contributed by atoms with Gasteiger partial charge in [-0.05, 0) is 55.0 Å². The second-order valence-corrected chi connectivity index (χ2v) is 7.32. The number of carbonyl (C=O) groups is 1. The van der Waals surface area contributed by atoms with Gasteiger partial charge >= 0.3 is 0 Å². The minimum Gasteiger partial charge on any atom is -0.492 e. The zero-order valence-electron chi connectivity index (χ0n) is 16.6. The number of nitrogens with zero attached hydrogens (tertiary/aromatic N) is 2. The van der Waals surface area contributed by atoms with Crippen molar-refractivity contribution in [3.05, 3.63) is 83.0 Å². The molecule has 0 aliphatic carbocycles. The molecule has 0 unspecified atom stereocenters. The van der Waals surface area contributed by atoms with E-state index >= 15 is 0 Å². The minimum absolute atomic E-state index is 0.232. The van der Waals surface area contributed by atoms with Gasteiger partial charge in [0.1, 0.15) is 18.2 Å². The van der Waals surface area contributed by atoms with Gasteiger partial charge in [0, 0.05) is 18.0 Å². The van der Waals surface area contributed by atoms with Crippen LogP contribution in [0.15, 0.2) is 65.3 Å². The van der Waals surface area contributed by atoms with Gasteiger partial charge in [0.15, 0.2) is 5.76 Å². The molecular formula is C23H22ClN3O3. The first-order valence-electron chi connectivity index (χ1n) is 9.76. The third-order valence-corrected chi connectivity index (χ3v) is 5.25. The lowest BCUT2D eigenvalue weighted by atomic mass is 10.2. The van der Waals surface area contributed by atoms with Crippen LogP contribution in [0.1, 0.15) is 21.9 Å². The van der Waals surface area contributed by atoms with E-state index in [1.54, 1.807) is 12.1 Å². The lowest BCUT2D eigenvalue weighted by Gasteiger charge is -2.12. The smallest absolute Gasteiger partial charge is 0.286 e. The first-order valence-corrected chi connectivity index (χ1v) is 10.1. The number of ether oxygens (including phenoxy) is 1. The van der Waals surface area contributed by atoms with Crippen LogP contribution in [0.2, 0.25) is 5.02 Å². The maximum atomic E-state index is 12.1. The van der Waals surface area contributed by atoms with E-state index in [2.05, 4.69) is 9.88 Å². The molecule has 2 heterocycles. The van der Waals surface area contributed by atoms with E-state index < -0.39 is 0 Å². The summed E-state index contributed by atoms with van der Waals surface area (Å²) in [6.07, 6.45) is 2.08. The molecule has 0 fully saturated rings. The third-order valence-electron chi connectivity index (χ3n) is 4.83. The number of carbonyl (C=O) groups excluding carboxylic acids is 1. The van der Waals surface area contributed by atoms with Gasteiger partial charge in [-0.25, -0.2) is 4.98 Å². The summed E-state index contributed by atoms with van der Waals surface area (Å²) in [6.45, 7) is 3.55. The minimum atomic E-state index is -0.232. The van der Waals surface area contributed by atoms with E-state index in [1.165, 1.54) is 6.26 Å². The van der Waals surface area contributed by atoms with Crippen molar-refractivity contribution >= 4 is 28.5 Å². The van der Waals surface area contributed by atoms with Gasteiger partial charge in [-0.3, -0.25) is 4.79 Å². The molecule has 154 valence electrons. The molecular weight excluding hydrogens is 402 g/mol. The Kier molecular flexibility index (Phi) is 6.05. The van der Waals surface area contributed by atoms with Crippen LogP contribution in [0, 0.1) is 6.92 Å². The third kappa shape index (κ3) is 4.49. The van der Waals surface area contributed by atoms with Crippen LogP contribution in [0.25, 0.3) is 11.0 Å². The van der Waals surface area contributed by atoms with E-state index in [1.807, 2.05) is 49.4 Å². The highest BCUT2D eigenvalue weighted by molar-refractivity contribution is 6.31.